The first kappa shape index (κ1) is 11.9. The highest BCUT2D eigenvalue weighted by atomic mass is 16.1. The van der Waals surface area contributed by atoms with E-state index in [9.17, 15) is 4.79 Å². The fraction of sp³-hybridized carbons (Fsp3) is 0.462. The Morgan fingerprint density at radius 3 is 2.59 bits per heavy atom. The highest BCUT2D eigenvalue weighted by Gasteiger charge is 2.14. The van der Waals surface area contributed by atoms with Crippen LogP contribution in [0.2, 0.25) is 0 Å². The first-order valence-electron chi connectivity index (χ1n) is 5.99. The summed E-state index contributed by atoms with van der Waals surface area (Å²) >= 11 is 0. The van der Waals surface area contributed by atoms with E-state index in [-0.39, 0.29) is 0 Å². The second-order valence-electron chi connectivity index (χ2n) is 4.45. The molecule has 1 aliphatic rings. The predicted molar refractivity (Wildman–Crippen MR) is 70.7 cm³/mol. The molecule has 0 bridgehead atoms. The van der Waals surface area contributed by atoms with Gasteiger partial charge in [0, 0.05) is 37.6 Å². The summed E-state index contributed by atoms with van der Waals surface area (Å²) in [5.41, 5.74) is 4.50. The molecule has 0 spiro atoms. The van der Waals surface area contributed by atoms with Crippen LogP contribution in [0.15, 0.2) is 12.1 Å². The molecule has 0 saturated carbocycles. The molecular weight excluding hydrogens is 214 g/mol. The van der Waals surface area contributed by atoms with Crippen molar-refractivity contribution in [1.29, 1.82) is 0 Å². The molecule has 0 aromatic heterocycles. The molecule has 0 atom stereocenters. The van der Waals surface area contributed by atoms with Crippen LogP contribution in [0.4, 0.5) is 11.4 Å². The fourth-order valence-corrected chi connectivity index (χ4v) is 2.31. The van der Waals surface area contributed by atoms with Crippen LogP contribution in [-0.4, -0.2) is 32.6 Å². The third-order valence-electron chi connectivity index (χ3n) is 3.22. The zero-order valence-corrected chi connectivity index (χ0v) is 10.4. The monoisotopic (exact) mass is 233 g/mol. The Kier molecular flexibility index (Phi) is 3.64. The van der Waals surface area contributed by atoms with Gasteiger partial charge < -0.3 is 15.5 Å². The van der Waals surface area contributed by atoms with Crippen LogP contribution in [0.3, 0.4) is 0 Å². The summed E-state index contributed by atoms with van der Waals surface area (Å²) in [7, 11) is 0. The average Bonchev–Trinajstić information content (AvgIpc) is 2.34. The Bertz CT molecular complexity index is 411. The Morgan fingerprint density at radius 2 is 1.94 bits per heavy atom. The minimum atomic E-state index is 0.735. The highest BCUT2D eigenvalue weighted by Crippen LogP contribution is 2.27. The number of anilines is 2. The van der Waals surface area contributed by atoms with Crippen LogP contribution < -0.4 is 15.5 Å². The summed E-state index contributed by atoms with van der Waals surface area (Å²) in [5.74, 6) is 0. The van der Waals surface area contributed by atoms with Gasteiger partial charge >= 0.3 is 0 Å². The van der Waals surface area contributed by atoms with Crippen LogP contribution in [0, 0.1) is 13.8 Å². The van der Waals surface area contributed by atoms with Gasteiger partial charge in [-0.1, -0.05) is 6.07 Å². The van der Waals surface area contributed by atoms with Crippen molar-refractivity contribution in [2.45, 2.75) is 13.8 Å². The number of nitrogens with one attached hydrogen (secondary N) is 2. The van der Waals surface area contributed by atoms with E-state index < -0.39 is 0 Å². The minimum Gasteiger partial charge on any atom is -0.369 e. The van der Waals surface area contributed by atoms with Gasteiger partial charge in [-0.2, -0.15) is 0 Å². The number of amides is 1. The van der Waals surface area contributed by atoms with E-state index in [1.54, 1.807) is 0 Å². The maximum absolute atomic E-state index is 10.6. The molecule has 0 unspecified atom stereocenters. The number of hydrogen-bond donors (Lipinski definition) is 2. The van der Waals surface area contributed by atoms with Gasteiger partial charge in [-0.3, -0.25) is 4.79 Å². The molecular formula is C13H19N3O. The molecule has 2 rings (SSSR count). The second kappa shape index (κ2) is 5.19. The third-order valence-corrected chi connectivity index (χ3v) is 3.22. The van der Waals surface area contributed by atoms with Gasteiger partial charge in [-0.05, 0) is 31.0 Å². The van der Waals surface area contributed by atoms with E-state index in [0.29, 0.717) is 0 Å². The Labute approximate surface area is 102 Å². The van der Waals surface area contributed by atoms with Crippen molar-refractivity contribution < 1.29 is 4.79 Å². The standard InChI is InChI=1S/C13H19N3O/c1-10-7-11(2)13(8-12(10)15-9-17)16-5-3-14-4-6-16/h7-9,14H,3-6H2,1-2H3,(H,15,17). The largest absolute Gasteiger partial charge is 0.369 e. The van der Waals surface area contributed by atoms with Crippen molar-refractivity contribution in [2.24, 2.45) is 0 Å². The van der Waals surface area contributed by atoms with Gasteiger partial charge in [0.2, 0.25) is 6.41 Å². The summed E-state index contributed by atoms with van der Waals surface area (Å²) < 4.78 is 0. The van der Waals surface area contributed by atoms with E-state index in [1.165, 1.54) is 11.3 Å². The molecule has 2 N–H and O–H groups in total. The lowest BCUT2D eigenvalue weighted by Gasteiger charge is -2.31. The molecule has 1 aromatic carbocycles. The van der Waals surface area contributed by atoms with E-state index in [2.05, 4.69) is 34.6 Å². The van der Waals surface area contributed by atoms with Gasteiger partial charge in [0.05, 0.1) is 0 Å². The normalized spacial score (nSPS) is 15.8. The molecule has 4 nitrogen and oxygen atoms in total. The van der Waals surface area contributed by atoms with Crippen molar-refractivity contribution in [3.05, 3.63) is 23.3 Å². The Hall–Kier alpha value is -1.55. The molecule has 1 aliphatic heterocycles. The van der Waals surface area contributed by atoms with Gasteiger partial charge in [-0.15, -0.1) is 0 Å². The number of aryl methyl sites for hydroxylation is 2. The number of carbonyl (C=O) groups is 1. The van der Waals surface area contributed by atoms with Crippen LogP contribution in [-0.2, 0) is 4.79 Å². The average molecular weight is 233 g/mol. The van der Waals surface area contributed by atoms with Crippen molar-refractivity contribution >= 4 is 17.8 Å². The lowest BCUT2D eigenvalue weighted by Crippen LogP contribution is -2.43. The zero-order chi connectivity index (χ0) is 12.3. The van der Waals surface area contributed by atoms with Crippen LogP contribution >= 0.6 is 0 Å². The van der Waals surface area contributed by atoms with Gasteiger partial charge in [-0.25, -0.2) is 0 Å². The van der Waals surface area contributed by atoms with Crippen LogP contribution in [0.5, 0.6) is 0 Å². The minimum absolute atomic E-state index is 0.735. The molecule has 92 valence electrons. The number of piperazine rings is 1. The van der Waals surface area contributed by atoms with E-state index in [1.807, 2.05) is 6.92 Å². The summed E-state index contributed by atoms with van der Waals surface area (Å²) in [4.78, 5) is 12.9. The van der Waals surface area contributed by atoms with E-state index in [4.69, 9.17) is 0 Å². The molecule has 0 radical (unpaired) electrons. The molecule has 4 heteroatoms. The summed E-state index contributed by atoms with van der Waals surface area (Å²) in [5, 5.41) is 6.10. The van der Waals surface area contributed by atoms with Gasteiger partial charge in [0.15, 0.2) is 0 Å². The van der Waals surface area contributed by atoms with Gasteiger partial charge in [0.25, 0.3) is 0 Å². The Balaban J connectivity index is 2.31. The number of rotatable bonds is 3. The molecule has 1 amide bonds. The molecule has 17 heavy (non-hydrogen) atoms. The number of nitrogens with zero attached hydrogens (tertiary/aromatic N) is 1. The molecule has 1 aromatic rings. The molecule has 1 fully saturated rings. The number of carbonyl (C=O) groups excluding carboxylic acids is 1. The fourth-order valence-electron chi connectivity index (χ4n) is 2.31. The van der Waals surface area contributed by atoms with Crippen molar-refractivity contribution in [3.63, 3.8) is 0 Å². The SMILES string of the molecule is Cc1cc(C)c(N2CCNCC2)cc1NC=O. The quantitative estimate of drug-likeness (QED) is 0.773. The third kappa shape index (κ3) is 2.58. The molecule has 1 heterocycles. The lowest BCUT2D eigenvalue weighted by atomic mass is 10.1. The lowest BCUT2D eigenvalue weighted by molar-refractivity contribution is -0.105. The highest BCUT2D eigenvalue weighted by molar-refractivity contribution is 5.77. The molecule has 0 aliphatic carbocycles. The maximum Gasteiger partial charge on any atom is 0.211 e. The summed E-state index contributed by atoms with van der Waals surface area (Å²) in [6.45, 7) is 8.21. The Morgan fingerprint density at radius 1 is 1.24 bits per heavy atom. The smallest absolute Gasteiger partial charge is 0.211 e. The van der Waals surface area contributed by atoms with Crippen molar-refractivity contribution in [2.75, 3.05) is 36.4 Å². The topological polar surface area (TPSA) is 44.4 Å². The first-order valence-corrected chi connectivity index (χ1v) is 5.99. The van der Waals surface area contributed by atoms with Crippen molar-refractivity contribution in [1.82, 2.24) is 5.32 Å². The molecule has 1 saturated heterocycles. The predicted octanol–water partition coefficient (Wildman–Crippen LogP) is 1.28. The maximum atomic E-state index is 10.6. The van der Waals surface area contributed by atoms with E-state index in [0.717, 1.165) is 43.8 Å². The number of hydrogen-bond acceptors (Lipinski definition) is 3. The van der Waals surface area contributed by atoms with Crippen molar-refractivity contribution in [3.8, 4) is 0 Å². The number of benzene rings is 1. The van der Waals surface area contributed by atoms with E-state index >= 15 is 0 Å². The van der Waals surface area contributed by atoms with Crippen LogP contribution in [0.25, 0.3) is 0 Å². The second-order valence-corrected chi connectivity index (χ2v) is 4.45. The first-order chi connectivity index (χ1) is 8.22. The zero-order valence-electron chi connectivity index (χ0n) is 10.4. The van der Waals surface area contributed by atoms with Gasteiger partial charge in [0.1, 0.15) is 0 Å². The summed E-state index contributed by atoms with van der Waals surface area (Å²) in [6, 6.07) is 4.20. The summed E-state index contributed by atoms with van der Waals surface area (Å²) in [6.07, 6.45) is 0.735. The van der Waals surface area contributed by atoms with Crippen LogP contribution in [0.1, 0.15) is 11.1 Å².